The van der Waals surface area contributed by atoms with Crippen molar-refractivity contribution in [3.05, 3.63) is 0 Å². The third kappa shape index (κ3) is 3.85. The molecular formula is C7H11N5O3S. The molecule has 0 bridgehead atoms. The second-order valence-corrected chi connectivity index (χ2v) is 3.73. The summed E-state index contributed by atoms with van der Waals surface area (Å²) in [4.78, 5) is 21.3. The lowest BCUT2D eigenvalue weighted by atomic mass is 10.4. The highest BCUT2D eigenvalue weighted by Gasteiger charge is 2.09. The molecule has 8 nitrogen and oxygen atoms in total. The molecule has 1 amide bonds. The number of aliphatic carboxylic acids is 1. The van der Waals surface area contributed by atoms with Crippen molar-refractivity contribution >= 4 is 23.6 Å². The molecule has 0 aliphatic carbocycles. The van der Waals surface area contributed by atoms with Gasteiger partial charge < -0.3 is 10.4 Å². The Labute approximate surface area is 95.4 Å². The van der Waals surface area contributed by atoms with Crippen LogP contribution >= 0.6 is 11.8 Å². The van der Waals surface area contributed by atoms with Gasteiger partial charge in [-0.05, 0) is 10.4 Å². The summed E-state index contributed by atoms with van der Waals surface area (Å²) in [5.41, 5.74) is 0. The highest BCUT2D eigenvalue weighted by molar-refractivity contribution is 7.99. The molecule has 1 aromatic heterocycles. The first-order valence-corrected chi connectivity index (χ1v) is 5.43. The summed E-state index contributed by atoms with van der Waals surface area (Å²) in [7, 11) is 1.54. The van der Waals surface area contributed by atoms with Gasteiger partial charge in [0.05, 0.1) is 12.3 Å². The van der Waals surface area contributed by atoms with Gasteiger partial charge in [-0.3, -0.25) is 9.59 Å². The Morgan fingerprint density at radius 3 is 2.94 bits per heavy atom. The molecule has 0 aromatic carbocycles. The Balaban J connectivity index is 2.50. The summed E-state index contributed by atoms with van der Waals surface area (Å²) < 4.78 is 1.41. The number of carbonyl (C=O) groups excluding carboxylic acids is 1. The van der Waals surface area contributed by atoms with Crippen molar-refractivity contribution in [2.75, 3.05) is 12.8 Å². The molecule has 1 rings (SSSR count). The van der Waals surface area contributed by atoms with Crippen LogP contribution in [0.15, 0.2) is 5.16 Å². The topological polar surface area (TPSA) is 110 Å². The highest BCUT2D eigenvalue weighted by atomic mass is 32.2. The first kappa shape index (κ1) is 12.4. The fourth-order valence-electron chi connectivity index (χ4n) is 0.899. The first-order valence-electron chi connectivity index (χ1n) is 4.45. The average molecular weight is 245 g/mol. The van der Waals surface area contributed by atoms with Gasteiger partial charge in [0.2, 0.25) is 11.1 Å². The molecule has 0 spiro atoms. The number of carboxylic acids is 1. The van der Waals surface area contributed by atoms with E-state index in [4.69, 9.17) is 5.11 Å². The molecule has 0 saturated carbocycles. The number of hydrogen-bond acceptors (Lipinski definition) is 6. The zero-order valence-electron chi connectivity index (χ0n) is 8.58. The Hall–Kier alpha value is -1.64. The van der Waals surface area contributed by atoms with Gasteiger partial charge in [-0.15, -0.1) is 5.10 Å². The second-order valence-electron chi connectivity index (χ2n) is 2.79. The molecule has 1 aromatic rings. The molecular weight excluding hydrogens is 234 g/mol. The number of aromatic nitrogens is 4. The summed E-state index contributed by atoms with van der Waals surface area (Å²) in [5.74, 6) is -1.17. The van der Waals surface area contributed by atoms with Gasteiger partial charge in [-0.25, -0.2) is 4.68 Å². The number of aryl methyl sites for hydroxylation is 1. The highest BCUT2D eigenvalue weighted by Crippen LogP contribution is 2.12. The van der Waals surface area contributed by atoms with E-state index in [1.165, 1.54) is 4.68 Å². The number of thioether (sulfide) groups is 1. The fraction of sp³-hybridized carbons (Fsp3) is 0.571. The Morgan fingerprint density at radius 2 is 2.31 bits per heavy atom. The maximum atomic E-state index is 11.0. The van der Waals surface area contributed by atoms with E-state index in [9.17, 15) is 9.59 Å². The lowest BCUT2D eigenvalue weighted by Crippen LogP contribution is -2.20. The predicted octanol–water partition coefficient (Wildman–Crippen LogP) is -1.01. The summed E-state index contributed by atoms with van der Waals surface area (Å²) in [6, 6.07) is 0. The number of amides is 1. The Bertz CT molecular complexity index is 380. The van der Waals surface area contributed by atoms with Crippen LogP contribution in [0.1, 0.15) is 6.42 Å². The lowest BCUT2D eigenvalue weighted by Gasteiger charge is -2.02. The second kappa shape index (κ2) is 6.05. The SMILES string of the molecule is CNC(=O)CCn1nnnc1SCC(=O)O. The summed E-state index contributed by atoms with van der Waals surface area (Å²) in [6.07, 6.45) is 0.252. The maximum absolute atomic E-state index is 11.0. The van der Waals surface area contributed by atoms with Gasteiger partial charge >= 0.3 is 5.97 Å². The zero-order valence-corrected chi connectivity index (χ0v) is 9.40. The summed E-state index contributed by atoms with van der Waals surface area (Å²) >= 11 is 1.02. The van der Waals surface area contributed by atoms with Crippen LogP contribution in [0.4, 0.5) is 0 Å². The average Bonchev–Trinajstić information content (AvgIpc) is 2.70. The van der Waals surface area contributed by atoms with Crippen molar-refractivity contribution in [2.24, 2.45) is 0 Å². The van der Waals surface area contributed by atoms with Crippen LogP contribution in [0.25, 0.3) is 0 Å². The van der Waals surface area contributed by atoms with Crippen LogP contribution in [0.5, 0.6) is 0 Å². The monoisotopic (exact) mass is 245 g/mol. The van der Waals surface area contributed by atoms with E-state index in [0.717, 1.165) is 11.8 Å². The van der Waals surface area contributed by atoms with Gasteiger partial charge in [0.15, 0.2) is 0 Å². The van der Waals surface area contributed by atoms with E-state index in [1.807, 2.05) is 0 Å². The summed E-state index contributed by atoms with van der Waals surface area (Å²) in [5, 5.41) is 22.1. The summed E-state index contributed by atoms with van der Waals surface area (Å²) in [6.45, 7) is 0.328. The molecule has 0 unspecified atom stereocenters. The van der Waals surface area contributed by atoms with Gasteiger partial charge in [0.1, 0.15) is 0 Å². The third-order valence-corrected chi connectivity index (χ3v) is 2.60. The minimum atomic E-state index is -0.939. The molecule has 0 saturated heterocycles. The number of tetrazole rings is 1. The smallest absolute Gasteiger partial charge is 0.313 e. The number of carboxylic acid groups (broad SMARTS) is 1. The predicted molar refractivity (Wildman–Crippen MR) is 54.9 cm³/mol. The molecule has 0 fully saturated rings. The fourth-order valence-corrected chi connectivity index (χ4v) is 1.52. The molecule has 1 heterocycles. The Morgan fingerprint density at radius 1 is 1.56 bits per heavy atom. The van der Waals surface area contributed by atoms with Crippen molar-refractivity contribution < 1.29 is 14.7 Å². The quantitative estimate of drug-likeness (QED) is 0.617. The van der Waals surface area contributed by atoms with Crippen LogP contribution in [-0.2, 0) is 16.1 Å². The van der Waals surface area contributed by atoms with Gasteiger partial charge in [-0.1, -0.05) is 11.8 Å². The number of hydrogen-bond donors (Lipinski definition) is 2. The third-order valence-electron chi connectivity index (χ3n) is 1.65. The minimum absolute atomic E-state index is 0.111. The van der Waals surface area contributed by atoms with Crippen LogP contribution in [0, 0.1) is 0 Å². The molecule has 9 heteroatoms. The van der Waals surface area contributed by atoms with Gasteiger partial charge in [-0.2, -0.15) is 0 Å². The molecule has 2 N–H and O–H groups in total. The van der Waals surface area contributed by atoms with Crippen molar-refractivity contribution in [3.8, 4) is 0 Å². The van der Waals surface area contributed by atoms with E-state index in [1.54, 1.807) is 7.05 Å². The van der Waals surface area contributed by atoms with Crippen LogP contribution < -0.4 is 5.32 Å². The van der Waals surface area contributed by atoms with Crippen LogP contribution in [-0.4, -0.2) is 50.0 Å². The standard InChI is InChI=1S/C7H11N5O3S/c1-8-5(13)2-3-12-7(9-10-11-12)16-4-6(14)15/h2-4H2,1H3,(H,8,13)(H,14,15). The van der Waals surface area contributed by atoms with E-state index in [2.05, 4.69) is 20.8 Å². The van der Waals surface area contributed by atoms with Crippen LogP contribution in [0.3, 0.4) is 0 Å². The zero-order chi connectivity index (χ0) is 12.0. The first-order chi connectivity index (χ1) is 7.63. The molecule has 0 atom stereocenters. The normalized spacial score (nSPS) is 10.1. The van der Waals surface area contributed by atoms with Crippen molar-refractivity contribution in [2.45, 2.75) is 18.1 Å². The minimum Gasteiger partial charge on any atom is -0.481 e. The van der Waals surface area contributed by atoms with E-state index in [0.29, 0.717) is 11.7 Å². The van der Waals surface area contributed by atoms with Crippen molar-refractivity contribution in [1.82, 2.24) is 25.5 Å². The molecule has 0 aliphatic heterocycles. The van der Waals surface area contributed by atoms with Crippen molar-refractivity contribution in [1.29, 1.82) is 0 Å². The maximum Gasteiger partial charge on any atom is 0.313 e. The number of carbonyl (C=O) groups is 2. The van der Waals surface area contributed by atoms with Gasteiger partial charge in [0, 0.05) is 13.5 Å². The molecule has 0 radical (unpaired) electrons. The van der Waals surface area contributed by atoms with Crippen molar-refractivity contribution in [3.63, 3.8) is 0 Å². The Kier molecular flexibility index (Phi) is 4.70. The van der Waals surface area contributed by atoms with E-state index >= 15 is 0 Å². The lowest BCUT2D eigenvalue weighted by molar-refractivity contribution is -0.134. The largest absolute Gasteiger partial charge is 0.481 e. The van der Waals surface area contributed by atoms with E-state index in [-0.39, 0.29) is 18.1 Å². The molecule has 88 valence electrons. The van der Waals surface area contributed by atoms with Crippen LogP contribution in [0.2, 0.25) is 0 Å². The number of nitrogens with zero attached hydrogens (tertiary/aromatic N) is 4. The molecule has 0 aliphatic rings. The van der Waals surface area contributed by atoms with Gasteiger partial charge in [0.25, 0.3) is 0 Å². The number of rotatable bonds is 6. The van der Waals surface area contributed by atoms with E-state index < -0.39 is 5.97 Å². The number of nitrogens with one attached hydrogen (secondary N) is 1. The molecule has 16 heavy (non-hydrogen) atoms.